The summed E-state index contributed by atoms with van der Waals surface area (Å²) in [6.07, 6.45) is 2.13. The molecule has 0 saturated carbocycles. The molecule has 19 heavy (non-hydrogen) atoms. The van der Waals surface area contributed by atoms with Gasteiger partial charge in [-0.2, -0.15) is 0 Å². The smallest absolute Gasteiger partial charge is 0.224 e. The summed E-state index contributed by atoms with van der Waals surface area (Å²) in [6.45, 7) is 3.97. The molecule has 2 rings (SSSR count). The number of nitrogens with one attached hydrogen (secondary N) is 1. The van der Waals surface area contributed by atoms with Crippen LogP contribution in [-0.4, -0.2) is 10.9 Å². The molecule has 3 nitrogen and oxygen atoms in total. The minimum Gasteiger partial charge on any atom is -0.348 e. The van der Waals surface area contributed by atoms with Gasteiger partial charge in [0.1, 0.15) is 0 Å². The van der Waals surface area contributed by atoms with Crippen molar-refractivity contribution < 1.29 is 4.79 Å². The molecule has 0 unspecified atom stereocenters. The van der Waals surface area contributed by atoms with Gasteiger partial charge in [-0.15, -0.1) is 0 Å². The van der Waals surface area contributed by atoms with Crippen LogP contribution in [0.4, 0.5) is 0 Å². The lowest BCUT2D eigenvalue weighted by Gasteiger charge is -2.13. The lowest BCUT2D eigenvalue weighted by atomic mass is 10.1. The second kappa shape index (κ2) is 6.14. The highest BCUT2D eigenvalue weighted by Crippen LogP contribution is 2.09. The molecule has 0 bridgehead atoms. The average molecular weight is 254 g/mol. The molecule has 1 N–H and O–H groups in total. The van der Waals surface area contributed by atoms with Crippen molar-refractivity contribution in [2.75, 3.05) is 0 Å². The second-order valence-corrected chi connectivity index (χ2v) is 4.71. The van der Waals surface area contributed by atoms with E-state index in [-0.39, 0.29) is 11.9 Å². The molecule has 1 heterocycles. The van der Waals surface area contributed by atoms with Crippen molar-refractivity contribution >= 4 is 5.91 Å². The first-order valence-electron chi connectivity index (χ1n) is 6.41. The Bertz CT molecular complexity index is 534. The maximum absolute atomic E-state index is 11.9. The molecular formula is C16H18N2O. The average Bonchev–Trinajstić information content (AvgIpc) is 2.42. The van der Waals surface area contributed by atoms with Gasteiger partial charge < -0.3 is 5.32 Å². The van der Waals surface area contributed by atoms with E-state index in [1.165, 1.54) is 5.56 Å². The summed E-state index contributed by atoms with van der Waals surface area (Å²) >= 11 is 0. The van der Waals surface area contributed by atoms with Crippen LogP contribution >= 0.6 is 0 Å². The predicted octanol–water partition coefficient (Wildman–Crippen LogP) is 2.81. The molecule has 1 amide bonds. The number of benzene rings is 1. The maximum Gasteiger partial charge on any atom is 0.224 e. The zero-order valence-electron chi connectivity index (χ0n) is 11.3. The quantitative estimate of drug-likeness (QED) is 0.911. The van der Waals surface area contributed by atoms with Crippen LogP contribution < -0.4 is 5.32 Å². The zero-order valence-corrected chi connectivity index (χ0v) is 11.3. The number of aromatic nitrogens is 1. The Morgan fingerprint density at radius 3 is 2.58 bits per heavy atom. The van der Waals surface area contributed by atoms with E-state index in [1.54, 1.807) is 6.20 Å². The molecule has 0 spiro atoms. The lowest BCUT2D eigenvalue weighted by molar-refractivity contribution is -0.121. The minimum absolute atomic E-state index is 0.0157. The standard InChI is InChI=1S/C16H18N2O/c1-12-6-8-14(9-7-12)11-16(19)18-13(2)15-5-3-4-10-17-15/h3-10,13H,11H2,1-2H3,(H,18,19)/t13-/m0/s1. The molecule has 0 saturated heterocycles. The molecule has 0 radical (unpaired) electrons. The van der Waals surface area contributed by atoms with E-state index in [0.717, 1.165) is 11.3 Å². The molecule has 1 atom stereocenters. The van der Waals surface area contributed by atoms with Gasteiger partial charge in [0.2, 0.25) is 5.91 Å². The molecule has 0 fully saturated rings. The third kappa shape index (κ3) is 3.91. The Morgan fingerprint density at radius 2 is 1.95 bits per heavy atom. The number of aryl methyl sites for hydroxylation is 1. The van der Waals surface area contributed by atoms with E-state index in [1.807, 2.05) is 56.3 Å². The van der Waals surface area contributed by atoms with Gasteiger partial charge in [-0.3, -0.25) is 9.78 Å². The third-order valence-corrected chi connectivity index (χ3v) is 2.99. The Labute approximate surface area is 113 Å². The number of rotatable bonds is 4. The van der Waals surface area contributed by atoms with Crippen molar-refractivity contribution in [1.82, 2.24) is 10.3 Å². The summed E-state index contributed by atoms with van der Waals surface area (Å²) in [5.74, 6) is 0.0157. The molecule has 98 valence electrons. The Morgan fingerprint density at radius 1 is 1.21 bits per heavy atom. The summed E-state index contributed by atoms with van der Waals surface area (Å²) in [5, 5.41) is 2.96. The predicted molar refractivity (Wildman–Crippen MR) is 75.7 cm³/mol. The second-order valence-electron chi connectivity index (χ2n) is 4.71. The van der Waals surface area contributed by atoms with E-state index in [2.05, 4.69) is 10.3 Å². The van der Waals surface area contributed by atoms with Crippen molar-refractivity contribution in [3.8, 4) is 0 Å². The molecule has 0 aliphatic heterocycles. The number of hydrogen-bond acceptors (Lipinski definition) is 2. The first-order chi connectivity index (χ1) is 9.15. The van der Waals surface area contributed by atoms with Gasteiger partial charge in [-0.25, -0.2) is 0 Å². The zero-order chi connectivity index (χ0) is 13.7. The number of hydrogen-bond donors (Lipinski definition) is 1. The minimum atomic E-state index is -0.0702. The van der Waals surface area contributed by atoms with Crippen LogP contribution in [0.2, 0.25) is 0 Å². The maximum atomic E-state index is 11.9. The van der Waals surface area contributed by atoms with Crippen molar-refractivity contribution in [3.05, 3.63) is 65.5 Å². The van der Waals surface area contributed by atoms with Crippen LogP contribution in [-0.2, 0) is 11.2 Å². The van der Waals surface area contributed by atoms with Gasteiger partial charge in [-0.1, -0.05) is 35.9 Å². The van der Waals surface area contributed by atoms with Crippen LogP contribution in [0.3, 0.4) is 0 Å². The van der Waals surface area contributed by atoms with Crippen molar-refractivity contribution in [2.24, 2.45) is 0 Å². The summed E-state index contributed by atoms with van der Waals surface area (Å²) in [5.41, 5.74) is 3.10. The van der Waals surface area contributed by atoms with Gasteiger partial charge in [0, 0.05) is 6.20 Å². The topological polar surface area (TPSA) is 42.0 Å². The molecule has 2 aromatic rings. The van der Waals surface area contributed by atoms with Crippen molar-refractivity contribution in [1.29, 1.82) is 0 Å². The van der Waals surface area contributed by atoms with Crippen LogP contribution in [0.25, 0.3) is 0 Å². The van der Waals surface area contributed by atoms with E-state index in [9.17, 15) is 4.79 Å². The number of carbonyl (C=O) groups is 1. The van der Waals surface area contributed by atoms with E-state index in [4.69, 9.17) is 0 Å². The Balaban J connectivity index is 1.93. The van der Waals surface area contributed by atoms with E-state index < -0.39 is 0 Å². The molecular weight excluding hydrogens is 236 g/mol. The van der Waals surface area contributed by atoms with Crippen LogP contribution in [0.5, 0.6) is 0 Å². The van der Waals surface area contributed by atoms with Gasteiger partial charge in [0.15, 0.2) is 0 Å². The number of nitrogens with zero attached hydrogens (tertiary/aromatic N) is 1. The highest BCUT2D eigenvalue weighted by atomic mass is 16.1. The first-order valence-corrected chi connectivity index (χ1v) is 6.41. The van der Waals surface area contributed by atoms with E-state index >= 15 is 0 Å². The monoisotopic (exact) mass is 254 g/mol. The molecule has 0 aliphatic rings. The normalized spacial score (nSPS) is 11.9. The van der Waals surface area contributed by atoms with Gasteiger partial charge in [0.05, 0.1) is 18.2 Å². The van der Waals surface area contributed by atoms with Gasteiger partial charge in [-0.05, 0) is 31.5 Å². The van der Waals surface area contributed by atoms with Gasteiger partial charge >= 0.3 is 0 Å². The molecule has 3 heteroatoms. The fourth-order valence-corrected chi connectivity index (χ4v) is 1.89. The highest BCUT2D eigenvalue weighted by molar-refractivity contribution is 5.78. The third-order valence-electron chi connectivity index (χ3n) is 2.99. The van der Waals surface area contributed by atoms with Crippen molar-refractivity contribution in [2.45, 2.75) is 26.3 Å². The largest absolute Gasteiger partial charge is 0.348 e. The fraction of sp³-hybridized carbons (Fsp3) is 0.250. The fourth-order valence-electron chi connectivity index (χ4n) is 1.89. The molecule has 1 aromatic heterocycles. The number of amides is 1. The number of pyridine rings is 1. The molecule has 0 aliphatic carbocycles. The van der Waals surface area contributed by atoms with Crippen LogP contribution in [0.15, 0.2) is 48.7 Å². The number of carbonyl (C=O) groups excluding carboxylic acids is 1. The summed E-state index contributed by atoms with van der Waals surface area (Å²) in [7, 11) is 0. The molecule has 1 aromatic carbocycles. The Kier molecular flexibility index (Phi) is 4.29. The van der Waals surface area contributed by atoms with Crippen molar-refractivity contribution in [3.63, 3.8) is 0 Å². The highest BCUT2D eigenvalue weighted by Gasteiger charge is 2.10. The van der Waals surface area contributed by atoms with Crippen LogP contribution in [0.1, 0.15) is 29.8 Å². The summed E-state index contributed by atoms with van der Waals surface area (Å²) in [6, 6.07) is 13.6. The van der Waals surface area contributed by atoms with Gasteiger partial charge in [0.25, 0.3) is 0 Å². The summed E-state index contributed by atoms with van der Waals surface area (Å²) < 4.78 is 0. The lowest BCUT2D eigenvalue weighted by Crippen LogP contribution is -2.28. The SMILES string of the molecule is Cc1ccc(CC(=O)N[C@@H](C)c2ccccn2)cc1. The summed E-state index contributed by atoms with van der Waals surface area (Å²) in [4.78, 5) is 16.2. The first kappa shape index (κ1) is 13.3. The van der Waals surface area contributed by atoms with Crippen LogP contribution in [0, 0.1) is 6.92 Å². The Hall–Kier alpha value is -2.16. The van der Waals surface area contributed by atoms with E-state index in [0.29, 0.717) is 6.42 Å².